The molecule has 1 heterocycles. The molecule has 0 aliphatic carbocycles. The van der Waals surface area contributed by atoms with E-state index in [2.05, 4.69) is 14.7 Å². The van der Waals surface area contributed by atoms with E-state index in [1.807, 2.05) is 0 Å². The summed E-state index contributed by atoms with van der Waals surface area (Å²) in [6.45, 7) is 0. The number of carboxylic acids is 1. The minimum absolute atomic E-state index is 0.105. The molecule has 0 aliphatic rings. The van der Waals surface area contributed by atoms with E-state index in [1.54, 1.807) is 6.07 Å². The number of carboxylic acid groups (broad SMARTS) is 1. The fraction of sp³-hybridized carbons (Fsp3) is 0. The molecule has 0 spiro atoms. The van der Waals surface area contributed by atoms with Crippen LogP contribution in [0.2, 0.25) is 0 Å². The number of hydrogen-bond donors (Lipinski definition) is 3. The zero-order valence-electron chi connectivity index (χ0n) is 12.2. The van der Waals surface area contributed by atoms with Crippen molar-refractivity contribution in [3.8, 4) is 0 Å². The fourth-order valence-corrected chi connectivity index (χ4v) is 3.45. The van der Waals surface area contributed by atoms with Crippen LogP contribution < -0.4 is 10.5 Å². The first-order valence-electron chi connectivity index (χ1n) is 6.74. The molecule has 0 atom stereocenters. The van der Waals surface area contributed by atoms with Crippen LogP contribution in [-0.2, 0) is 10.0 Å². The Labute approximate surface area is 137 Å². The van der Waals surface area contributed by atoms with Crippen LogP contribution in [-0.4, -0.2) is 29.5 Å². The number of benzene rings is 2. The molecule has 0 saturated heterocycles. The molecule has 0 saturated carbocycles. The molecule has 0 bridgehead atoms. The van der Waals surface area contributed by atoms with E-state index in [0.717, 1.165) is 0 Å². The number of nitrogen functional groups attached to an aromatic ring is 1. The van der Waals surface area contributed by atoms with Crippen molar-refractivity contribution in [1.82, 2.24) is 9.97 Å². The summed E-state index contributed by atoms with van der Waals surface area (Å²) in [5.41, 5.74) is 6.12. The number of anilines is 2. The van der Waals surface area contributed by atoms with Gasteiger partial charge in [-0.2, -0.15) is 0 Å². The van der Waals surface area contributed by atoms with E-state index in [-0.39, 0.29) is 27.4 Å². The number of carbonyl (C=O) groups is 1. The number of rotatable bonds is 4. The van der Waals surface area contributed by atoms with Gasteiger partial charge in [-0.15, -0.1) is 0 Å². The number of fused-ring (bicyclic) bond motifs is 1. The number of nitrogens with zero attached hydrogens (tertiary/aromatic N) is 2. The van der Waals surface area contributed by atoms with Crippen molar-refractivity contribution >= 4 is 38.4 Å². The predicted molar refractivity (Wildman–Crippen MR) is 88.2 cm³/mol. The Balaban J connectivity index is 2.13. The standard InChI is InChI=1S/C15H12N4O4S/c16-9-4-5-10(15(20)21)12(8-9)19-24(22,23)13-3-1-2-11-14(13)18-7-6-17-11/h1-8,19H,16H2,(H,20,21). The zero-order chi connectivity index (χ0) is 17.3. The molecule has 9 heteroatoms. The lowest BCUT2D eigenvalue weighted by atomic mass is 10.1. The highest BCUT2D eigenvalue weighted by molar-refractivity contribution is 7.93. The van der Waals surface area contributed by atoms with Gasteiger partial charge in [-0.25, -0.2) is 13.2 Å². The Morgan fingerprint density at radius 3 is 2.62 bits per heavy atom. The van der Waals surface area contributed by atoms with Crippen LogP contribution in [0.25, 0.3) is 11.0 Å². The molecule has 122 valence electrons. The summed E-state index contributed by atoms with van der Waals surface area (Å²) in [7, 11) is -4.08. The van der Waals surface area contributed by atoms with Crippen LogP contribution in [0.5, 0.6) is 0 Å². The largest absolute Gasteiger partial charge is 0.478 e. The Morgan fingerprint density at radius 1 is 1.12 bits per heavy atom. The molecule has 4 N–H and O–H groups in total. The number of hydrogen-bond acceptors (Lipinski definition) is 6. The van der Waals surface area contributed by atoms with Gasteiger partial charge in [-0.1, -0.05) is 6.07 Å². The maximum absolute atomic E-state index is 12.7. The third-order valence-electron chi connectivity index (χ3n) is 3.27. The van der Waals surface area contributed by atoms with Crippen molar-refractivity contribution < 1.29 is 18.3 Å². The van der Waals surface area contributed by atoms with Crippen molar-refractivity contribution in [2.75, 3.05) is 10.5 Å². The normalized spacial score (nSPS) is 11.3. The molecule has 3 aromatic rings. The summed E-state index contributed by atoms with van der Waals surface area (Å²) in [6.07, 6.45) is 2.83. The number of nitrogens with two attached hydrogens (primary N) is 1. The molecule has 2 aromatic carbocycles. The number of nitrogens with one attached hydrogen (secondary N) is 1. The highest BCUT2D eigenvalue weighted by atomic mass is 32.2. The maximum atomic E-state index is 12.7. The third kappa shape index (κ3) is 2.84. The Bertz CT molecular complexity index is 1050. The van der Waals surface area contributed by atoms with Gasteiger partial charge in [0.15, 0.2) is 0 Å². The van der Waals surface area contributed by atoms with E-state index < -0.39 is 16.0 Å². The molecule has 0 fully saturated rings. The van der Waals surface area contributed by atoms with Crippen LogP contribution in [0.4, 0.5) is 11.4 Å². The van der Waals surface area contributed by atoms with Crippen molar-refractivity contribution in [2.45, 2.75) is 4.90 Å². The topological polar surface area (TPSA) is 135 Å². The molecule has 8 nitrogen and oxygen atoms in total. The zero-order valence-corrected chi connectivity index (χ0v) is 13.0. The summed E-state index contributed by atoms with van der Waals surface area (Å²) >= 11 is 0. The number of aromatic nitrogens is 2. The van der Waals surface area contributed by atoms with Crippen LogP contribution >= 0.6 is 0 Å². The quantitative estimate of drug-likeness (QED) is 0.613. The van der Waals surface area contributed by atoms with Crippen molar-refractivity contribution in [2.24, 2.45) is 0 Å². The first kappa shape index (κ1) is 15.7. The second-order valence-corrected chi connectivity index (χ2v) is 6.55. The highest BCUT2D eigenvalue weighted by Gasteiger charge is 2.21. The average Bonchev–Trinajstić information content (AvgIpc) is 2.53. The van der Waals surface area contributed by atoms with E-state index in [4.69, 9.17) is 5.73 Å². The third-order valence-corrected chi connectivity index (χ3v) is 4.67. The molecule has 1 aromatic heterocycles. The Hall–Kier alpha value is -3.20. The van der Waals surface area contributed by atoms with Gasteiger partial charge in [0.1, 0.15) is 10.4 Å². The molecule has 0 amide bonds. The second-order valence-electron chi connectivity index (χ2n) is 4.90. The summed E-state index contributed by atoms with van der Waals surface area (Å²) in [5, 5.41) is 9.20. The molecule has 0 aliphatic heterocycles. The van der Waals surface area contributed by atoms with E-state index >= 15 is 0 Å². The summed E-state index contributed by atoms with van der Waals surface area (Å²) in [4.78, 5) is 19.3. The number of para-hydroxylation sites is 1. The van der Waals surface area contributed by atoms with Crippen LogP contribution in [0.1, 0.15) is 10.4 Å². The van der Waals surface area contributed by atoms with Gasteiger partial charge in [-0.3, -0.25) is 14.7 Å². The Kier molecular flexibility index (Phi) is 3.78. The maximum Gasteiger partial charge on any atom is 0.337 e. The fourth-order valence-electron chi connectivity index (χ4n) is 2.22. The first-order valence-corrected chi connectivity index (χ1v) is 8.22. The SMILES string of the molecule is Nc1ccc(C(=O)O)c(NS(=O)(=O)c2cccc3nccnc23)c1. The number of aromatic carboxylic acids is 1. The van der Waals surface area contributed by atoms with Gasteiger partial charge < -0.3 is 10.8 Å². The minimum Gasteiger partial charge on any atom is -0.478 e. The monoisotopic (exact) mass is 344 g/mol. The van der Waals surface area contributed by atoms with Crippen molar-refractivity contribution in [1.29, 1.82) is 0 Å². The molecule has 0 unspecified atom stereocenters. The van der Waals surface area contributed by atoms with Gasteiger partial charge in [0, 0.05) is 18.1 Å². The highest BCUT2D eigenvalue weighted by Crippen LogP contribution is 2.25. The van der Waals surface area contributed by atoms with Crippen molar-refractivity contribution in [3.05, 3.63) is 54.4 Å². The lowest BCUT2D eigenvalue weighted by molar-refractivity contribution is 0.0698. The summed E-state index contributed by atoms with van der Waals surface area (Å²) in [6, 6.07) is 8.39. The molecule has 3 rings (SSSR count). The molecule has 0 radical (unpaired) electrons. The summed E-state index contributed by atoms with van der Waals surface area (Å²) in [5.74, 6) is -1.27. The molecule has 24 heavy (non-hydrogen) atoms. The minimum atomic E-state index is -4.08. The van der Waals surface area contributed by atoms with Gasteiger partial charge in [0.05, 0.1) is 16.8 Å². The second kappa shape index (κ2) is 5.78. The van der Waals surface area contributed by atoms with Crippen LogP contribution in [0.3, 0.4) is 0 Å². The molecular weight excluding hydrogens is 332 g/mol. The molecular formula is C15H12N4O4S. The lowest BCUT2D eigenvalue weighted by Crippen LogP contribution is -2.16. The first-order chi connectivity index (χ1) is 11.4. The Morgan fingerprint density at radius 2 is 1.88 bits per heavy atom. The van der Waals surface area contributed by atoms with Crippen LogP contribution in [0.15, 0.2) is 53.7 Å². The number of sulfonamides is 1. The van der Waals surface area contributed by atoms with E-state index in [9.17, 15) is 18.3 Å². The van der Waals surface area contributed by atoms with E-state index in [0.29, 0.717) is 5.52 Å². The van der Waals surface area contributed by atoms with Crippen LogP contribution in [0, 0.1) is 0 Å². The van der Waals surface area contributed by atoms with Gasteiger partial charge >= 0.3 is 5.97 Å². The van der Waals surface area contributed by atoms with Crippen molar-refractivity contribution in [3.63, 3.8) is 0 Å². The predicted octanol–water partition coefficient (Wildman–Crippen LogP) is 1.71. The lowest BCUT2D eigenvalue weighted by Gasteiger charge is -2.12. The van der Waals surface area contributed by atoms with Gasteiger partial charge in [-0.05, 0) is 30.3 Å². The smallest absolute Gasteiger partial charge is 0.337 e. The summed E-state index contributed by atoms with van der Waals surface area (Å²) < 4.78 is 27.6. The van der Waals surface area contributed by atoms with E-state index in [1.165, 1.54) is 42.7 Å². The van der Waals surface area contributed by atoms with Gasteiger partial charge in [0.25, 0.3) is 10.0 Å². The van der Waals surface area contributed by atoms with Gasteiger partial charge in [0.2, 0.25) is 0 Å². The average molecular weight is 344 g/mol.